The zero-order valence-electron chi connectivity index (χ0n) is 9.83. The molecule has 0 saturated carbocycles. The summed E-state index contributed by atoms with van der Waals surface area (Å²) in [5.41, 5.74) is 0.905. The fourth-order valence-electron chi connectivity index (χ4n) is 1.73. The van der Waals surface area contributed by atoms with E-state index in [1.807, 2.05) is 0 Å². The summed E-state index contributed by atoms with van der Waals surface area (Å²) in [6, 6.07) is 5.23. The molecule has 0 saturated heterocycles. The van der Waals surface area contributed by atoms with Gasteiger partial charge < -0.3 is 15.4 Å². The molecule has 1 aromatic carbocycles. The number of benzene rings is 1. The van der Waals surface area contributed by atoms with E-state index in [1.54, 1.807) is 18.2 Å². The molecule has 1 heterocycles. The first kappa shape index (κ1) is 12.7. The van der Waals surface area contributed by atoms with Crippen molar-refractivity contribution in [1.29, 1.82) is 0 Å². The molecule has 2 rings (SSSR count). The van der Waals surface area contributed by atoms with Crippen LogP contribution in [-0.2, 0) is 16.0 Å². The molecule has 0 spiro atoms. The summed E-state index contributed by atoms with van der Waals surface area (Å²) in [6.07, 6.45) is -0.127. The molecule has 2 amide bonds. The Morgan fingerprint density at radius 3 is 3.00 bits per heavy atom. The smallest absolute Gasteiger partial charge is 0.261 e. The number of carbonyl (C=O) groups is 2. The topological polar surface area (TPSA) is 67.4 Å². The second-order valence-electron chi connectivity index (χ2n) is 3.95. The summed E-state index contributed by atoms with van der Waals surface area (Å²) >= 11 is 5.86. The molecule has 18 heavy (non-hydrogen) atoms. The Morgan fingerprint density at radius 2 is 2.28 bits per heavy atom. The first-order valence-corrected chi connectivity index (χ1v) is 5.91. The fraction of sp³-hybridized carbons (Fsp3) is 0.333. The average Bonchev–Trinajstić information content (AvgIpc) is 2.78. The zero-order valence-corrected chi connectivity index (χ0v) is 10.6. The van der Waals surface area contributed by atoms with Crippen molar-refractivity contribution in [3.05, 3.63) is 28.8 Å². The third-order valence-electron chi connectivity index (χ3n) is 2.69. The standard InChI is InChI=1S/C12H13ClN2O3/c1-14-11(16)6-15-12(17)10-5-7-4-8(13)2-3-9(7)18-10/h2-4,10H,5-6H2,1H3,(H,14,16)(H,15,17). The molecule has 2 N–H and O–H groups in total. The maximum atomic E-state index is 11.8. The molecular weight excluding hydrogens is 256 g/mol. The number of halogens is 1. The number of rotatable bonds is 3. The molecule has 1 aliphatic heterocycles. The van der Waals surface area contributed by atoms with Gasteiger partial charge in [0.25, 0.3) is 5.91 Å². The molecule has 6 heteroatoms. The maximum Gasteiger partial charge on any atom is 0.261 e. The van der Waals surface area contributed by atoms with Gasteiger partial charge in [-0.15, -0.1) is 0 Å². The SMILES string of the molecule is CNC(=O)CNC(=O)C1Cc2cc(Cl)ccc2O1. The summed E-state index contributed by atoms with van der Waals surface area (Å²) in [4.78, 5) is 22.8. The lowest BCUT2D eigenvalue weighted by Crippen LogP contribution is -2.42. The molecular formula is C12H13ClN2O3. The van der Waals surface area contributed by atoms with Gasteiger partial charge in [-0.1, -0.05) is 11.6 Å². The largest absolute Gasteiger partial charge is 0.480 e. The summed E-state index contributed by atoms with van der Waals surface area (Å²) in [5.74, 6) is 0.118. The first-order valence-electron chi connectivity index (χ1n) is 5.53. The minimum absolute atomic E-state index is 0.0493. The second kappa shape index (κ2) is 5.27. The monoisotopic (exact) mass is 268 g/mol. The van der Waals surface area contributed by atoms with Crippen molar-refractivity contribution in [1.82, 2.24) is 10.6 Å². The Hall–Kier alpha value is -1.75. The van der Waals surface area contributed by atoms with Gasteiger partial charge in [0.1, 0.15) is 5.75 Å². The van der Waals surface area contributed by atoms with Gasteiger partial charge in [-0.05, 0) is 23.8 Å². The van der Waals surface area contributed by atoms with Crippen molar-refractivity contribution in [3.8, 4) is 5.75 Å². The highest BCUT2D eigenvalue weighted by Crippen LogP contribution is 2.30. The molecule has 0 aromatic heterocycles. The Kier molecular flexibility index (Phi) is 3.72. The Labute approximate surface area is 109 Å². The van der Waals surface area contributed by atoms with Crippen molar-refractivity contribution < 1.29 is 14.3 Å². The second-order valence-corrected chi connectivity index (χ2v) is 4.39. The molecule has 1 unspecified atom stereocenters. The number of likely N-dealkylation sites (N-methyl/N-ethyl adjacent to an activating group) is 1. The molecule has 0 bridgehead atoms. The maximum absolute atomic E-state index is 11.8. The van der Waals surface area contributed by atoms with Gasteiger partial charge in [-0.2, -0.15) is 0 Å². The van der Waals surface area contributed by atoms with Crippen molar-refractivity contribution in [3.63, 3.8) is 0 Å². The van der Waals surface area contributed by atoms with Crippen LogP contribution in [-0.4, -0.2) is 31.5 Å². The number of carbonyl (C=O) groups excluding carboxylic acids is 2. The van der Waals surface area contributed by atoms with Crippen LogP contribution >= 0.6 is 11.6 Å². The molecule has 0 fully saturated rings. The van der Waals surface area contributed by atoms with Gasteiger partial charge in [-0.3, -0.25) is 9.59 Å². The molecule has 1 atom stereocenters. The molecule has 1 aromatic rings. The first-order chi connectivity index (χ1) is 8.60. The predicted molar refractivity (Wildman–Crippen MR) is 66.6 cm³/mol. The van der Waals surface area contributed by atoms with E-state index in [2.05, 4.69) is 10.6 Å². The van der Waals surface area contributed by atoms with E-state index >= 15 is 0 Å². The van der Waals surface area contributed by atoms with Crippen LogP contribution in [0.25, 0.3) is 0 Å². The third-order valence-corrected chi connectivity index (χ3v) is 2.93. The summed E-state index contributed by atoms with van der Waals surface area (Å²) < 4.78 is 5.49. The summed E-state index contributed by atoms with van der Waals surface area (Å²) in [5, 5.41) is 5.55. The number of fused-ring (bicyclic) bond motifs is 1. The lowest BCUT2D eigenvalue weighted by atomic mass is 10.1. The van der Waals surface area contributed by atoms with Gasteiger partial charge in [0.15, 0.2) is 6.10 Å². The van der Waals surface area contributed by atoms with Crippen LogP contribution < -0.4 is 15.4 Å². The van der Waals surface area contributed by atoms with Gasteiger partial charge in [0.2, 0.25) is 5.91 Å². The quantitative estimate of drug-likeness (QED) is 0.839. The highest BCUT2D eigenvalue weighted by Gasteiger charge is 2.29. The molecule has 1 aliphatic rings. The highest BCUT2D eigenvalue weighted by atomic mass is 35.5. The van der Waals surface area contributed by atoms with E-state index in [1.165, 1.54) is 7.05 Å². The Morgan fingerprint density at radius 1 is 1.50 bits per heavy atom. The lowest BCUT2D eigenvalue weighted by molar-refractivity contribution is -0.130. The summed E-state index contributed by atoms with van der Waals surface area (Å²) in [6.45, 7) is -0.0493. The van der Waals surface area contributed by atoms with E-state index in [-0.39, 0.29) is 18.4 Å². The minimum atomic E-state index is -0.594. The van der Waals surface area contributed by atoms with Gasteiger partial charge in [0.05, 0.1) is 6.54 Å². The van der Waals surface area contributed by atoms with Crippen LogP contribution in [0.5, 0.6) is 5.75 Å². The van der Waals surface area contributed by atoms with Crippen molar-refractivity contribution >= 4 is 23.4 Å². The van der Waals surface area contributed by atoms with E-state index in [9.17, 15) is 9.59 Å². The van der Waals surface area contributed by atoms with Crippen LogP contribution in [0, 0.1) is 0 Å². The van der Waals surface area contributed by atoms with Crippen molar-refractivity contribution in [2.45, 2.75) is 12.5 Å². The number of nitrogens with one attached hydrogen (secondary N) is 2. The van der Waals surface area contributed by atoms with E-state index in [0.717, 1.165) is 5.56 Å². The minimum Gasteiger partial charge on any atom is -0.480 e. The van der Waals surface area contributed by atoms with Crippen LogP contribution in [0.15, 0.2) is 18.2 Å². The van der Waals surface area contributed by atoms with E-state index in [4.69, 9.17) is 16.3 Å². The average molecular weight is 269 g/mol. The molecule has 0 radical (unpaired) electrons. The number of amides is 2. The van der Waals surface area contributed by atoms with Crippen molar-refractivity contribution in [2.24, 2.45) is 0 Å². The van der Waals surface area contributed by atoms with Gasteiger partial charge >= 0.3 is 0 Å². The third kappa shape index (κ3) is 2.73. The highest BCUT2D eigenvalue weighted by molar-refractivity contribution is 6.30. The fourth-order valence-corrected chi connectivity index (χ4v) is 1.93. The Bertz CT molecular complexity index is 490. The number of ether oxygens (including phenoxy) is 1. The van der Waals surface area contributed by atoms with Crippen LogP contribution in [0.4, 0.5) is 0 Å². The number of hydrogen-bond acceptors (Lipinski definition) is 3. The Balaban J connectivity index is 1.94. The van der Waals surface area contributed by atoms with Crippen LogP contribution in [0.2, 0.25) is 5.02 Å². The number of hydrogen-bond donors (Lipinski definition) is 2. The predicted octanol–water partition coefficient (Wildman–Crippen LogP) is 0.506. The summed E-state index contributed by atoms with van der Waals surface area (Å²) in [7, 11) is 1.51. The molecule has 96 valence electrons. The lowest BCUT2D eigenvalue weighted by Gasteiger charge is -2.10. The van der Waals surface area contributed by atoms with Gasteiger partial charge in [0, 0.05) is 18.5 Å². The normalized spacial score (nSPS) is 16.7. The molecule has 0 aliphatic carbocycles. The molecule has 5 nitrogen and oxygen atoms in total. The van der Waals surface area contributed by atoms with Crippen LogP contribution in [0.3, 0.4) is 0 Å². The van der Waals surface area contributed by atoms with Gasteiger partial charge in [-0.25, -0.2) is 0 Å². The zero-order chi connectivity index (χ0) is 13.1. The van der Waals surface area contributed by atoms with E-state index < -0.39 is 6.10 Å². The van der Waals surface area contributed by atoms with E-state index in [0.29, 0.717) is 17.2 Å². The van der Waals surface area contributed by atoms with Crippen LogP contribution in [0.1, 0.15) is 5.56 Å². The van der Waals surface area contributed by atoms with Crippen molar-refractivity contribution in [2.75, 3.05) is 13.6 Å².